The summed E-state index contributed by atoms with van der Waals surface area (Å²) in [6, 6.07) is 50.1. The largest absolute Gasteiger partial charge is 0.456 e. The second-order valence-electron chi connectivity index (χ2n) is 11.2. The average Bonchev–Trinajstić information content (AvgIpc) is 3.74. The number of fused-ring (bicyclic) bond motifs is 7. The van der Waals surface area contributed by atoms with Crippen LogP contribution < -0.4 is 0 Å². The molecule has 3 nitrogen and oxygen atoms in total. The van der Waals surface area contributed by atoms with Crippen LogP contribution in [0, 0.1) is 0 Å². The van der Waals surface area contributed by atoms with Gasteiger partial charge in [0.05, 0.1) is 11.0 Å². The van der Waals surface area contributed by atoms with Crippen molar-refractivity contribution in [2.75, 3.05) is 0 Å². The Morgan fingerprint density at radius 1 is 0.535 bits per heavy atom. The van der Waals surface area contributed by atoms with Crippen LogP contribution in [0.5, 0.6) is 0 Å². The van der Waals surface area contributed by atoms with E-state index >= 15 is 0 Å². The molecule has 0 saturated carbocycles. The number of para-hydroxylation sites is 3. The first-order valence-corrected chi connectivity index (χ1v) is 14.9. The van der Waals surface area contributed by atoms with E-state index in [9.17, 15) is 0 Å². The van der Waals surface area contributed by atoms with Crippen LogP contribution in [0.15, 0.2) is 144 Å². The maximum Gasteiger partial charge on any atom is 0.136 e. The Hall–Kier alpha value is -5.54. The van der Waals surface area contributed by atoms with Crippen molar-refractivity contribution < 1.29 is 4.42 Å². The van der Waals surface area contributed by atoms with Gasteiger partial charge in [-0.25, -0.2) is 0 Å². The highest BCUT2D eigenvalue weighted by atomic mass is 16.3. The summed E-state index contributed by atoms with van der Waals surface area (Å²) in [6.07, 6.45) is 0. The SMILES string of the molecule is CCn1c(-c2cccc3oc4ccc(-c5ccc6c(c5)c5ccccc5n6-c5ccccc5)cc4c23)cc2ccccc21. The van der Waals surface area contributed by atoms with E-state index in [-0.39, 0.29) is 0 Å². The van der Waals surface area contributed by atoms with Crippen molar-refractivity contribution in [3.8, 4) is 28.1 Å². The number of hydrogen-bond acceptors (Lipinski definition) is 1. The number of aromatic nitrogens is 2. The van der Waals surface area contributed by atoms with Crippen LogP contribution in [-0.4, -0.2) is 9.13 Å². The molecule has 3 heterocycles. The van der Waals surface area contributed by atoms with E-state index in [2.05, 4.69) is 156 Å². The van der Waals surface area contributed by atoms with Crippen molar-refractivity contribution in [3.05, 3.63) is 140 Å². The molecule has 3 aromatic heterocycles. The van der Waals surface area contributed by atoms with Gasteiger partial charge in [0.25, 0.3) is 0 Å². The summed E-state index contributed by atoms with van der Waals surface area (Å²) in [6.45, 7) is 3.11. The fourth-order valence-electron chi connectivity index (χ4n) is 7.00. The highest BCUT2D eigenvalue weighted by Crippen LogP contribution is 2.41. The minimum Gasteiger partial charge on any atom is -0.456 e. The molecule has 0 radical (unpaired) electrons. The van der Waals surface area contributed by atoms with Crippen molar-refractivity contribution >= 4 is 54.6 Å². The molecule has 6 aromatic carbocycles. The van der Waals surface area contributed by atoms with Gasteiger partial charge in [0, 0.05) is 55.9 Å². The van der Waals surface area contributed by atoms with Crippen LogP contribution in [0.1, 0.15) is 6.92 Å². The van der Waals surface area contributed by atoms with Gasteiger partial charge in [-0.2, -0.15) is 0 Å². The van der Waals surface area contributed by atoms with E-state index in [0.29, 0.717) is 0 Å². The highest BCUT2D eigenvalue weighted by molar-refractivity contribution is 6.14. The maximum atomic E-state index is 6.42. The second-order valence-corrected chi connectivity index (χ2v) is 11.2. The Morgan fingerprint density at radius 3 is 2.12 bits per heavy atom. The zero-order valence-electron chi connectivity index (χ0n) is 23.8. The van der Waals surface area contributed by atoms with E-state index < -0.39 is 0 Å². The number of benzene rings is 6. The van der Waals surface area contributed by atoms with Gasteiger partial charge in [-0.1, -0.05) is 78.9 Å². The predicted octanol–water partition coefficient (Wildman–Crippen LogP) is 11.0. The molecule has 0 bridgehead atoms. The third kappa shape index (κ3) is 3.55. The minimum absolute atomic E-state index is 0.900. The number of rotatable bonds is 4. The molecular weight excluding hydrogens is 524 g/mol. The van der Waals surface area contributed by atoms with Crippen molar-refractivity contribution in [1.29, 1.82) is 0 Å². The molecule has 204 valence electrons. The predicted molar refractivity (Wildman–Crippen MR) is 180 cm³/mol. The third-order valence-corrected chi connectivity index (χ3v) is 8.92. The number of aryl methyl sites for hydroxylation is 1. The van der Waals surface area contributed by atoms with Crippen LogP contribution >= 0.6 is 0 Å². The summed E-state index contributed by atoms with van der Waals surface area (Å²) >= 11 is 0. The van der Waals surface area contributed by atoms with Crippen molar-refractivity contribution in [2.45, 2.75) is 13.5 Å². The second kappa shape index (κ2) is 9.23. The standard InChI is InChI=1S/C40H28N2O/c1-2-41-34-16-8-6-11-28(34)25-37(41)31-15-10-18-39-40(31)33-24-27(20-22-38(33)43-39)26-19-21-36-32(23-26)30-14-7-9-17-35(30)42(36)29-12-4-3-5-13-29/h3-25H,2H2,1H3. The fourth-order valence-corrected chi connectivity index (χ4v) is 7.00. The first-order valence-electron chi connectivity index (χ1n) is 14.9. The Balaban J connectivity index is 1.26. The van der Waals surface area contributed by atoms with E-state index in [1.54, 1.807) is 0 Å². The lowest BCUT2D eigenvalue weighted by atomic mass is 9.98. The zero-order chi connectivity index (χ0) is 28.5. The van der Waals surface area contributed by atoms with Gasteiger partial charge < -0.3 is 13.6 Å². The van der Waals surface area contributed by atoms with Gasteiger partial charge in [-0.05, 0) is 78.7 Å². The van der Waals surface area contributed by atoms with Crippen LogP contribution in [0.3, 0.4) is 0 Å². The summed E-state index contributed by atoms with van der Waals surface area (Å²) in [7, 11) is 0. The molecule has 0 unspecified atom stereocenters. The topological polar surface area (TPSA) is 23.0 Å². The van der Waals surface area contributed by atoms with Gasteiger partial charge in [-0.3, -0.25) is 0 Å². The maximum absolute atomic E-state index is 6.42. The summed E-state index contributed by atoms with van der Waals surface area (Å²) in [4.78, 5) is 0. The summed E-state index contributed by atoms with van der Waals surface area (Å²) in [5, 5.41) is 6.07. The quantitative estimate of drug-likeness (QED) is 0.213. The van der Waals surface area contributed by atoms with Crippen molar-refractivity contribution in [3.63, 3.8) is 0 Å². The Labute approximate surface area is 248 Å². The van der Waals surface area contributed by atoms with E-state index in [1.807, 2.05) is 0 Å². The third-order valence-electron chi connectivity index (χ3n) is 8.92. The normalized spacial score (nSPS) is 11.9. The summed E-state index contributed by atoms with van der Waals surface area (Å²) in [5.41, 5.74) is 11.5. The van der Waals surface area contributed by atoms with Gasteiger partial charge in [0.1, 0.15) is 11.2 Å². The van der Waals surface area contributed by atoms with Crippen LogP contribution in [0.25, 0.3) is 82.7 Å². The molecule has 0 saturated heterocycles. The molecule has 9 aromatic rings. The molecule has 3 heteroatoms. The molecule has 9 rings (SSSR count). The molecular formula is C40H28N2O. The van der Waals surface area contributed by atoms with Gasteiger partial charge in [0.2, 0.25) is 0 Å². The molecule has 0 aliphatic heterocycles. The average molecular weight is 553 g/mol. The Kier molecular flexibility index (Phi) is 5.17. The minimum atomic E-state index is 0.900. The molecule has 0 aliphatic rings. The van der Waals surface area contributed by atoms with Crippen LogP contribution in [0.4, 0.5) is 0 Å². The fraction of sp³-hybridized carbons (Fsp3) is 0.0500. The van der Waals surface area contributed by atoms with Gasteiger partial charge in [-0.15, -0.1) is 0 Å². The molecule has 0 spiro atoms. The van der Waals surface area contributed by atoms with Crippen molar-refractivity contribution in [1.82, 2.24) is 9.13 Å². The summed E-state index contributed by atoms with van der Waals surface area (Å²) < 4.78 is 11.2. The zero-order valence-corrected chi connectivity index (χ0v) is 23.8. The van der Waals surface area contributed by atoms with E-state index in [1.165, 1.54) is 66.2 Å². The molecule has 0 atom stereocenters. The first-order chi connectivity index (χ1) is 21.3. The van der Waals surface area contributed by atoms with Gasteiger partial charge >= 0.3 is 0 Å². The highest BCUT2D eigenvalue weighted by Gasteiger charge is 2.18. The lowest BCUT2D eigenvalue weighted by Gasteiger charge is -2.10. The number of nitrogens with zero attached hydrogens (tertiary/aromatic N) is 2. The van der Waals surface area contributed by atoms with Crippen LogP contribution in [-0.2, 0) is 6.54 Å². The van der Waals surface area contributed by atoms with Gasteiger partial charge in [0.15, 0.2) is 0 Å². The monoisotopic (exact) mass is 552 g/mol. The van der Waals surface area contributed by atoms with E-state index in [0.717, 1.165) is 23.1 Å². The van der Waals surface area contributed by atoms with Crippen LogP contribution in [0.2, 0.25) is 0 Å². The lowest BCUT2D eigenvalue weighted by Crippen LogP contribution is -1.96. The number of hydrogen-bond donors (Lipinski definition) is 0. The molecule has 0 fully saturated rings. The molecule has 43 heavy (non-hydrogen) atoms. The Morgan fingerprint density at radius 2 is 1.26 bits per heavy atom. The summed E-state index contributed by atoms with van der Waals surface area (Å²) in [5.74, 6) is 0. The smallest absolute Gasteiger partial charge is 0.136 e. The lowest BCUT2D eigenvalue weighted by molar-refractivity contribution is 0.669. The van der Waals surface area contributed by atoms with E-state index in [4.69, 9.17) is 4.42 Å². The Bertz CT molecular complexity index is 2490. The molecule has 0 N–H and O–H groups in total. The molecule has 0 amide bonds. The number of furan rings is 1. The van der Waals surface area contributed by atoms with Crippen molar-refractivity contribution in [2.24, 2.45) is 0 Å². The molecule has 0 aliphatic carbocycles. The first kappa shape index (κ1) is 24.1.